The van der Waals surface area contributed by atoms with Gasteiger partial charge in [0.25, 0.3) is 0 Å². The molecule has 1 rings (SSSR count). The predicted octanol–water partition coefficient (Wildman–Crippen LogP) is 4.52. The Morgan fingerprint density at radius 2 is 1.68 bits per heavy atom. The highest BCUT2D eigenvalue weighted by molar-refractivity contribution is 5.84. The first-order valence-electron chi connectivity index (χ1n) is 10.5. The molecule has 0 spiro atoms. The molecule has 3 atom stereocenters. The Hall–Kier alpha value is -2.89. The summed E-state index contributed by atoms with van der Waals surface area (Å²) in [5.74, 6) is -2.07. The molecule has 0 saturated heterocycles. The van der Waals surface area contributed by atoms with E-state index in [1.165, 1.54) is 0 Å². The molecular weight excluding hydrogens is 394 g/mol. The van der Waals surface area contributed by atoms with Crippen molar-refractivity contribution in [1.29, 1.82) is 0 Å². The van der Waals surface area contributed by atoms with E-state index in [1.54, 1.807) is 39.8 Å². The lowest BCUT2D eigenvalue weighted by atomic mass is 9.99. The van der Waals surface area contributed by atoms with E-state index in [0.29, 0.717) is 12.8 Å². The van der Waals surface area contributed by atoms with E-state index in [-0.39, 0.29) is 30.8 Å². The van der Waals surface area contributed by atoms with E-state index in [0.717, 1.165) is 5.56 Å². The molecule has 1 amide bonds. The molecule has 6 nitrogen and oxygen atoms in total. The van der Waals surface area contributed by atoms with E-state index in [1.807, 2.05) is 30.3 Å². The van der Waals surface area contributed by atoms with Crippen molar-refractivity contribution >= 4 is 17.8 Å². The first kappa shape index (κ1) is 26.1. The minimum Gasteiger partial charge on any atom is -0.460 e. The quantitative estimate of drug-likeness (QED) is 0.390. The molecule has 0 saturated carbocycles. The highest BCUT2D eigenvalue weighted by Crippen LogP contribution is 2.20. The zero-order valence-corrected chi connectivity index (χ0v) is 19.1. The van der Waals surface area contributed by atoms with Crippen LogP contribution in [0.25, 0.3) is 0 Å². The van der Waals surface area contributed by atoms with Crippen LogP contribution in [0.15, 0.2) is 55.6 Å². The molecule has 0 radical (unpaired) electrons. The summed E-state index contributed by atoms with van der Waals surface area (Å²) in [6, 6.07) is 9.22. The number of allylic oxidation sites excluding steroid dienone is 2. The number of ether oxygens (including phenoxy) is 2. The molecule has 0 bridgehead atoms. The van der Waals surface area contributed by atoms with Gasteiger partial charge in [-0.25, -0.2) is 0 Å². The van der Waals surface area contributed by atoms with Crippen LogP contribution < -0.4 is 5.32 Å². The molecule has 6 heteroatoms. The van der Waals surface area contributed by atoms with Crippen LogP contribution >= 0.6 is 0 Å². The molecule has 3 unspecified atom stereocenters. The summed E-state index contributed by atoms with van der Waals surface area (Å²) in [5, 5.41) is 2.82. The standard InChI is InChI=1S/C25H35NO5/c1-7-12-18(3)24(29)30-21(19-14-10-9-11-15-19)17-26-23(28)20(13-8-2)16-22(27)31-25(4,5)6/h7-11,14-15,18,20-21H,1-2,12-13,16-17H2,3-6H3,(H,26,28). The summed E-state index contributed by atoms with van der Waals surface area (Å²) in [4.78, 5) is 37.4. The first-order chi connectivity index (χ1) is 14.6. The van der Waals surface area contributed by atoms with Gasteiger partial charge in [0, 0.05) is 0 Å². The number of carbonyl (C=O) groups excluding carboxylic acids is 3. The van der Waals surface area contributed by atoms with Crippen molar-refractivity contribution < 1.29 is 23.9 Å². The normalized spacial score (nSPS) is 13.9. The second kappa shape index (κ2) is 12.7. The lowest BCUT2D eigenvalue weighted by molar-refractivity contribution is -0.157. The molecule has 0 aromatic heterocycles. The zero-order chi connectivity index (χ0) is 23.4. The van der Waals surface area contributed by atoms with Gasteiger partial charge in [0.2, 0.25) is 5.91 Å². The van der Waals surface area contributed by atoms with Gasteiger partial charge in [-0.1, -0.05) is 49.4 Å². The minimum atomic E-state index is -0.643. The van der Waals surface area contributed by atoms with Crippen molar-refractivity contribution in [1.82, 2.24) is 5.32 Å². The van der Waals surface area contributed by atoms with Crippen LogP contribution in [0.2, 0.25) is 0 Å². The number of esters is 2. The number of amides is 1. The average molecular weight is 430 g/mol. The third-order valence-electron chi connectivity index (χ3n) is 4.47. The van der Waals surface area contributed by atoms with Crippen LogP contribution in [0, 0.1) is 11.8 Å². The predicted molar refractivity (Wildman–Crippen MR) is 121 cm³/mol. The fraction of sp³-hybridized carbons (Fsp3) is 0.480. The molecule has 0 aliphatic rings. The van der Waals surface area contributed by atoms with E-state index >= 15 is 0 Å². The van der Waals surface area contributed by atoms with Crippen molar-refractivity contribution in [3.8, 4) is 0 Å². The van der Waals surface area contributed by atoms with Crippen LogP contribution in [-0.4, -0.2) is 30.0 Å². The number of rotatable bonds is 12. The Morgan fingerprint density at radius 3 is 2.23 bits per heavy atom. The van der Waals surface area contributed by atoms with Crippen molar-refractivity contribution in [2.24, 2.45) is 11.8 Å². The summed E-state index contributed by atoms with van der Waals surface area (Å²) in [5.41, 5.74) is 0.149. The second-order valence-electron chi connectivity index (χ2n) is 8.52. The number of benzene rings is 1. The number of hydrogen-bond acceptors (Lipinski definition) is 5. The second-order valence-corrected chi connectivity index (χ2v) is 8.52. The van der Waals surface area contributed by atoms with E-state index in [9.17, 15) is 14.4 Å². The summed E-state index contributed by atoms with van der Waals surface area (Å²) in [7, 11) is 0. The molecule has 1 N–H and O–H groups in total. The van der Waals surface area contributed by atoms with E-state index in [2.05, 4.69) is 18.5 Å². The van der Waals surface area contributed by atoms with Gasteiger partial charge in [-0.3, -0.25) is 14.4 Å². The summed E-state index contributed by atoms with van der Waals surface area (Å²) in [6.07, 6.45) is 3.40. The molecule has 31 heavy (non-hydrogen) atoms. The Labute approximate surface area is 185 Å². The maximum atomic E-state index is 12.8. The van der Waals surface area contributed by atoms with Gasteiger partial charge >= 0.3 is 11.9 Å². The van der Waals surface area contributed by atoms with Crippen LogP contribution in [0.1, 0.15) is 58.6 Å². The fourth-order valence-electron chi connectivity index (χ4n) is 2.90. The third-order valence-corrected chi connectivity index (χ3v) is 4.47. The van der Waals surface area contributed by atoms with Crippen molar-refractivity contribution in [2.45, 2.75) is 58.7 Å². The fourth-order valence-corrected chi connectivity index (χ4v) is 2.90. The Morgan fingerprint density at radius 1 is 1.06 bits per heavy atom. The van der Waals surface area contributed by atoms with Crippen LogP contribution in [0.4, 0.5) is 0 Å². The number of nitrogens with one attached hydrogen (secondary N) is 1. The molecule has 0 aliphatic heterocycles. The topological polar surface area (TPSA) is 81.7 Å². The van der Waals surface area contributed by atoms with Crippen molar-refractivity contribution in [3.63, 3.8) is 0 Å². The Balaban J connectivity index is 2.84. The molecule has 1 aromatic rings. The van der Waals surface area contributed by atoms with Gasteiger partial charge in [0.1, 0.15) is 11.7 Å². The van der Waals surface area contributed by atoms with Crippen LogP contribution in [0.5, 0.6) is 0 Å². The first-order valence-corrected chi connectivity index (χ1v) is 10.5. The zero-order valence-electron chi connectivity index (χ0n) is 19.1. The monoisotopic (exact) mass is 429 g/mol. The molecular formula is C25H35NO5. The number of hydrogen-bond donors (Lipinski definition) is 1. The van der Waals surface area contributed by atoms with Crippen molar-refractivity contribution in [2.75, 3.05) is 6.54 Å². The smallest absolute Gasteiger partial charge is 0.309 e. The highest BCUT2D eigenvalue weighted by atomic mass is 16.6. The summed E-state index contributed by atoms with van der Waals surface area (Å²) in [6.45, 7) is 14.5. The molecule has 1 aromatic carbocycles. The average Bonchev–Trinajstić information content (AvgIpc) is 2.69. The van der Waals surface area contributed by atoms with E-state index in [4.69, 9.17) is 9.47 Å². The molecule has 170 valence electrons. The van der Waals surface area contributed by atoms with Gasteiger partial charge < -0.3 is 14.8 Å². The van der Waals surface area contributed by atoms with Crippen LogP contribution in [-0.2, 0) is 23.9 Å². The third kappa shape index (κ3) is 10.1. The van der Waals surface area contributed by atoms with Gasteiger partial charge in [-0.2, -0.15) is 0 Å². The highest BCUT2D eigenvalue weighted by Gasteiger charge is 2.26. The van der Waals surface area contributed by atoms with Gasteiger partial charge in [0.05, 0.1) is 24.8 Å². The molecule has 0 aliphatic carbocycles. The van der Waals surface area contributed by atoms with Gasteiger partial charge in [-0.15, -0.1) is 13.2 Å². The summed E-state index contributed by atoms with van der Waals surface area (Å²) < 4.78 is 11.0. The summed E-state index contributed by atoms with van der Waals surface area (Å²) >= 11 is 0. The minimum absolute atomic E-state index is 0.0543. The van der Waals surface area contributed by atoms with Crippen molar-refractivity contribution in [3.05, 3.63) is 61.2 Å². The molecule has 0 heterocycles. The van der Waals surface area contributed by atoms with E-state index < -0.39 is 23.6 Å². The SMILES string of the molecule is C=CCC(C)C(=O)OC(CNC(=O)C(CC=C)CC(=O)OC(C)(C)C)c1ccccc1. The van der Waals surface area contributed by atoms with Crippen LogP contribution in [0.3, 0.4) is 0 Å². The maximum absolute atomic E-state index is 12.8. The molecule has 0 fully saturated rings. The largest absolute Gasteiger partial charge is 0.460 e. The Kier molecular flexibility index (Phi) is 10.7. The lowest BCUT2D eigenvalue weighted by Crippen LogP contribution is -2.37. The number of carbonyl (C=O) groups is 3. The van der Waals surface area contributed by atoms with Gasteiger partial charge in [0.15, 0.2) is 0 Å². The maximum Gasteiger partial charge on any atom is 0.309 e. The lowest BCUT2D eigenvalue weighted by Gasteiger charge is -2.23. The Bertz CT molecular complexity index is 751. The van der Waals surface area contributed by atoms with Gasteiger partial charge in [-0.05, 0) is 39.2 Å².